The van der Waals surface area contributed by atoms with Crippen LogP contribution in [0.25, 0.3) is 11.3 Å². The Morgan fingerprint density at radius 3 is 2.70 bits per heavy atom. The number of amides is 1. The third kappa shape index (κ3) is 3.73. The Balaban J connectivity index is 1.67. The molecule has 1 amide bonds. The van der Waals surface area contributed by atoms with Crippen LogP contribution >= 0.6 is 0 Å². The normalized spacial score (nSPS) is 16.4. The highest BCUT2D eigenvalue weighted by atomic mass is 16.6. The maximum absolute atomic E-state index is 11.8. The van der Waals surface area contributed by atoms with Gasteiger partial charge in [-0.1, -0.05) is 30.3 Å². The van der Waals surface area contributed by atoms with Crippen molar-refractivity contribution in [2.24, 2.45) is 12.8 Å². The smallest absolute Gasteiger partial charge is 0.295 e. The van der Waals surface area contributed by atoms with Crippen LogP contribution in [0.3, 0.4) is 0 Å². The number of hydrogen-bond acceptors (Lipinski definition) is 6. The van der Waals surface area contributed by atoms with Crippen LogP contribution in [0, 0.1) is 10.1 Å². The van der Waals surface area contributed by atoms with Crippen molar-refractivity contribution in [2.75, 3.05) is 18.0 Å². The zero-order valence-corrected chi connectivity index (χ0v) is 16.6. The number of benzene rings is 1. The Morgan fingerprint density at radius 2 is 2.00 bits per heavy atom. The number of nitro groups is 1. The van der Waals surface area contributed by atoms with E-state index in [2.05, 4.69) is 15.0 Å². The first-order valence-electron chi connectivity index (χ1n) is 9.73. The highest BCUT2D eigenvalue weighted by Gasteiger charge is 2.29. The summed E-state index contributed by atoms with van der Waals surface area (Å²) in [5.74, 6) is 0.204. The molecule has 2 aromatic heterocycles. The van der Waals surface area contributed by atoms with Gasteiger partial charge in [0.15, 0.2) is 5.69 Å². The molecule has 30 heavy (non-hydrogen) atoms. The van der Waals surface area contributed by atoms with Crippen LogP contribution in [0.15, 0.2) is 48.7 Å². The minimum atomic E-state index is -0.491. The molecule has 9 heteroatoms. The van der Waals surface area contributed by atoms with Crippen molar-refractivity contribution in [3.63, 3.8) is 0 Å². The summed E-state index contributed by atoms with van der Waals surface area (Å²) < 4.78 is 1.60. The number of rotatable bonds is 5. The standard InChI is InChI=1S/C21H22N6O3/c1-25-13-16(21(22)28)19(24-25)15-8-5-11-26(12-15)18-10-9-17(27(29)30)20(23-18)14-6-3-2-4-7-14/h2-4,6-7,9-10,13,15H,5,8,11-12H2,1H3,(H2,22,28). The quantitative estimate of drug-likeness (QED) is 0.514. The summed E-state index contributed by atoms with van der Waals surface area (Å²) in [6.45, 7) is 1.38. The number of carbonyl (C=O) groups excluding carboxylic acids is 1. The van der Waals surface area contributed by atoms with Gasteiger partial charge < -0.3 is 10.6 Å². The van der Waals surface area contributed by atoms with Crippen LogP contribution in [0.1, 0.15) is 34.8 Å². The number of anilines is 1. The summed E-state index contributed by atoms with van der Waals surface area (Å²) in [6, 6.07) is 12.3. The number of hydrogen-bond donors (Lipinski definition) is 1. The first-order valence-corrected chi connectivity index (χ1v) is 9.73. The topological polar surface area (TPSA) is 120 Å². The molecular formula is C21H22N6O3. The van der Waals surface area contributed by atoms with Gasteiger partial charge >= 0.3 is 0 Å². The predicted octanol–water partition coefficient (Wildman–Crippen LogP) is 2.87. The lowest BCUT2D eigenvalue weighted by molar-refractivity contribution is -0.384. The van der Waals surface area contributed by atoms with E-state index in [9.17, 15) is 14.9 Å². The van der Waals surface area contributed by atoms with Gasteiger partial charge in [0, 0.05) is 43.9 Å². The zero-order valence-electron chi connectivity index (χ0n) is 16.6. The summed E-state index contributed by atoms with van der Waals surface area (Å²) in [4.78, 5) is 29.7. The molecule has 1 aliphatic rings. The van der Waals surface area contributed by atoms with E-state index in [1.54, 1.807) is 24.0 Å². The molecule has 1 unspecified atom stereocenters. The maximum atomic E-state index is 11.8. The lowest BCUT2D eigenvalue weighted by Gasteiger charge is -2.33. The molecule has 9 nitrogen and oxygen atoms in total. The number of aryl methyl sites for hydroxylation is 1. The fourth-order valence-electron chi connectivity index (χ4n) is 3.98. The van der Waals surface area contributed by atoms with Gasteiger partial charge in [0.1, 0.15) is 5.82 Å². The minimum Gasteiger partial charge on any atom is -0.365 e. The first kappa shape index (κ1) is 19.6. The number of nitrogens with two attached hydrogens (primary N) is 1. The van der Waals surface area contributed by atoms with E-state index < -0.39 is 10.8 Å². The molecule has 0 saturated carbocycles. The number of piperidine rings is 1. The molecule has 154 valence electrons. The molecule has 1 saturated heterocycles. The second kappa shape index (κ2) is 7.94. The van der Waals surface area contributed by atoms with E-state index in [4.69, 9.17) is 5.73 Å². The lowest BCUT2D eigenvalue weighted by atomic mass is 9.92. The molecule has 3 aromatic rings. The van der Waals surface area contributed by atoms with E-state index in [0.717, 1.165) is 19.4 Å². The number of carbonyl (C=O) groups is 1. The molecule has 1 atom stereocenters. The second-order valence-corrected chi connectivity index (χ2v) is 7.41. The van der Waals surface area contributed by atoms with E-state index in [-0.39, 0.29) is 11.6 Å². The average molecular weight is 406 g/mol. The summed E-state index contributed by atoms with van der Waals surface area (Å²) in [5, 5.41) is 16.0. The monoisotopic (exact) mass is 406 g/mol. The Hall–Kier alpha value is -3.75. The largest absolute Gasteiger partial charge is 0.365 e. The van der Waals surface area contributed by atoms with Crippen molar-refractivity contribution in [1.82, 2.24) is 14.8 Å². The van der Waals surface area contributed by atoms with E-state index in [1.165, 1.54) is 6.07 Å². The first-order chi connectivity index (χ1) is 14.4. The van der Waals surface area contributed by atoms with Crippen molar-refractivity contribution in [2.45, 2.75) is 18.8 Å². The van der Waals surface area contributed by atoms with Gasteiger partial charge in [-0.05, 0) is 18.9 Å². The molecule has 0 radical (unpaired) electrons. The van der Waals surface area contributed by atoms with Gasteiger partial charge in [-0.2, -0.15) is 5.10 Å². The molecule has 0 bridgehead atoms. The van der Waals surface area contributed by atoms with Crippen molar-refractivity contribution in [3.05, 3.63) is 70.0 Å². The number of primary amides is 1. The third-order valence-corrected chi connectivity index (χ3v) is 5.36. The summed E-state index contributed by atoms with van der Waals surface area (Å²) in [7, 11) is 1.76. The zero-order chi connectivity index (χ0) is 21.3. The van der Waals surface area contributed by atoms with Crippen molar-refractivity contribution >= 4 is 17.4 Å². The molecule has 3 heterocycles. The van der Waals surface area contributed by atoms with E-state index >= 15 is 0 Å². The van der Waals surface area contributed by atoms with Gasteiger partial charge in [-0.15, -0.1) is 0 Å². The maximum Gasteiger partial charge on any atom is 0.295 e. The SMILES string of the molecule is Cn1cc(C(N)=O)c(C2CCCN(c3ccc([N+](=O)[O-])c(-c4ccccc4)n3)C2)n1. The van der Waals surface area contributed by atoms with Crippen molar-refractivity contribution in [3.8, 4) is 11.3 Å². The summed E-state index contributed by atoms with van der Waals surface area (Å²) in [6.07, 6.45) is 3.42. The molecular weight excluding hydrogens is 384 g/mol. The summed E-state index contributed by atoms with van der Waals surface area (Å²) in [5.41, 5.74) is 7.67. The predicted molar refractivity (Wildman–Crippen MR) is 112 cm³/mol. The van der Waals surface area contributed by atoms with Crippen LogP contribution in [-0.4, -0.2) is 38.7 Å². The van der Waals surface area contributed by atoms with Gasteiger partial charge in [-0.25, -0.2) is 4.98 Å². The highest BCUT2D eigenvalue weighted by Crippen LogP contribution is 2.34. The van der Waals surface area contributed by atoms with Gasteiger partial charge in [0.25, 0.3) is 11.6 Å². The number of nitrogens with zero attached hydrogens (tertiary/aromatic N) is 5. The molecule has 4 rings (SSSR count). The van der Waals surface area contributed by atoms with Gasteiger partial charge in [0.2, 0.25) is 0 Å². The molecule has 0 spiro atoms. The third-order valence-electron chi connectivity index (χ3n) is 5.36. The highest BCUT2D eigenvalue weighted by molar-refractivity contribution is 5.93. The Morgan fingerprint density at radius 1 is 1.23 bits per heavy atom. The lowest BCUT2D eigenvalue weighted by Crippen LogP contribution is -2.35. The summed E-state index contributed by atoms with van der Waals surface area (Å²) >= 11 is 0. The molecule has 1 aliphatic heterocycles. The molecule has 2 N–H and O–H groups in total. The molecule has 1 aromatic carbocycles. The number of pyridine rings is 1. The Bertz CT molecular complexity index is 1100. The minimum absolute atomic E-state index is 0.0274. The van der Waals surface area contributed by atoms with Crippen LogP contribution in [0.2, 0.25) is 0 Å². The fraction of sp³-hybridized carbons (Fsp3) is 0.286. The van der Waals surface area contributed by atoms with Crippen LogP contribution in [0.5, 0.6) is 0 Å². The van der Waals surface area contributed by atoms with Crippen molar-refractivity contribution in [1.29, 1.82) is 0 Å². The van der Waals surface area contributed by atoms with Crippen LogP contribution in [0.4, 0.5) is 11.5 Å². The fourth-order valence-corrected chi connectivity index (χ4v) is 3.98. The Labute approximate surface area is 173 Å². The molecule has 1 fully saturated rings. The van der Waals surface area contributed by atoms with Gasteiger partial charge in [-0.3, -0.25) is 19.6 Å². The van der Waals surface area contributed by atoms with E-state index in [1.807, 2.05) is 30.3 Å². The van der Waals surface area contributed by atoms with E-state index in [0.29, 0.717) is 34.9 Å². The van der Waals surface area contributed by atoms with Crippen molar-refractivity contribution < 1.29 is 9.72 Å². The molecule has 0 aliphatic carbocycles. The average Bonchev–Trinajstić information content (AvgIpc) is 3.16. The van der Waals surface area contributed by atoms with Crippen LogP contribution in [-0.2, 0) is 7.05 Å². The van der Waals surface area contributed by atoms with Crippen LogP contribution < -0.4 is 10.6 Å². The second-order valence-electron chi connectivity index (χ2n) is 7.41. The van der Waals surface area contributed by atoms with Gasteiger partial charge in [0.05, 0.1) is 16.2 Å². The number of aromatic nitrogens is 3. The Kier molecular flexibility index (Phi) is 5.18.